The topological polar surface area (TPSA) is 106 Å². The van der Waals surface area contributed by atoms with E-state index in [0.717, 1.165) is 25.0 Å². The van der Waals surface area contributed by atoms with Crippen molar-refractivity contribution < 1.29 is 41.8 Å². The van der Waals surface area contributed by atoms with Crippen LogP contribution < -0.4 is 24.8 Å². The third kappa shape index (κ3) is 4.38. The minimum absolute atomic E-state index is 0.0323. The molecule has 0 radical (unpaired) electrons. The van der Waals surface area contributed by atoms with E-state index in [4.69, 9.17) is 14.2 Å². The minimum atomic E-state index is -5.30. The Kier molecular flexibility index (Phi) is 6.94. The van der Waals surface area contributed by atoms with E-state index < -0.39 is 35.7 Å². The average molecular weight is 473 g/mol. The van der Waals surface area contributed by atoms with Crippen molar-refractivity contribution in [1.29, 1.82) is 0 Å². The molecule has 1 saturated heterocycles. The highest BCUT2D eigenvalue weighted by molar-refractivity contribution is 6.10. The summed E-state index contributed by atoms with van der Waals surface area (Å²) in [6.07, 6.45) is -1.33. The van der Waals surface area contributed by atoms with E-state index in [0.29, 0.717) is 30.6 Å². The highest BCUT2D eigenvalue weighted by atomic mass is 19.4. The summed E-state index contributed by atoms with van der Waals surface area (Å²) < 4.78 is 58.0. The molecule has 3 rings (SSSR count). The Morgan fingerprint density at radius 3 is 2.03 bits per heavy atom. The molecule has 1 aromatic carbocycles. The number of urea groups is 1. The van der Waals surface area contributed by atoms with Gasteiger partial charge in [-0.05, 0) is 25.0 Å². The average Bonchev–Trinajstić information content (AvgIpc) is 2.94. The van der Waals surface area contributed by atoms with Crippen LogP contribution >= 0.6 is 0 Å². The molecule has 0 unspecified atom stereocenters. The number of ether oxygens (including phenoxy) is 3. The van der Waals surface area contributed by atoms with E-state index in [2.05, 4.69) is 0 Å². The van der Waals surface area contributed by atoms with Crippen LogP contribution in [0.5, 0.6) is 17.2 Å². The molecule has 4 amide bonds. The van der Waals surface area contributed by atoms with E-state index in [1.807, 2.05) is 0 Å². The van der Waals surface area contributed by atoms with Gasteiger partial charge >= 0.3 is 12.2 Å². The molecule has 1 aliphatic carbocycles. The van der Waals surface area contributed by atoms with Crippen molar-refractivity contribution in [3.05, 3.63) is 17.7 Å². The summed E-state index contributed by atoms with van der Waals surface area (Å²) in [4.78, 5) is 39.1. The third-order valence-corrected chi connectivity index (χ3v) is 5.90. The number of alkyl halides is 3. The monoisotopic (exact) mass is 473 g/mol. The van der Waals surface area contributed by atoms with Crippen molar-refractivity contribution in [3.63, 3.8) is 0 Å². The van der Waals surface area contributed by atoms with Crippen molar-refractivity contribution >= 4 is 17.8 Å². The van der Waals surface area contributed by atoms with Crippen molar-refractivity contribution in [3.8, 4) is 17.2 Å². The van der Waals surface area contributed by atoms with Crippen LogP contribution in [0.15, 0.2) is 12.1 Å². The van der Waals surface area contributed by atoms with Gasteiger partial charge in [0.15, 0.2) is 11.5 Å². The Morgan fingerprint density at radius 2 is 1.58 bits per heavy atom. The fraction of sp³-hybridized carbons (Fsp3) is 0.571. The zero-order chi connectivity index (χ0) is 24.4. The van der Waals surface area contributed by atoms with Gasteiger partial charge in [0.1, 0.15) is 0 Å². The van der Waals surface area contributed by atoms with Crippen LogP contribution in [0.3, 0.4) is 0 Å². The van der Waals surface area contributed by atoms with Crippen molar-refractivity contribution in [2.75, 3.05) is 21.3 Å². The predicted octanol–water partition coefficient (Wildman–Crippen LogP) is 2.98. The van der Waals surface area contributed by atoms with Gasteiger partial charge in [0.2, 0.25) is 5.75 Å². The minimum Gasteiger partial charge on any atom is -0.493 e. The van der Waals surface area contributed by atoms with E-state index in [-0.39, 0.29) is 22.8 Å². The van der Waals surface area contributed by atoms with Crippen LogP contribution in [0.1, 0.15) is 48.9 Å². The van der Waals surface area contributed by atoms with E-state index in [1.54, 1.807) is 10.6 Å². The van der Waals surface area contributed by atoms with Crippen molar-refractivity contribution in [2.45, 2.75) is 56.4 Å². The first-order valence-electron chi connectivity index (χ1n) is 10.4. The molecule has 1 heterocycles. The maximum absolute atomic E-state index is 14.2. The number of hydrogen-bond donors (Lipinski definition) is 2. The summed E-state index contributed by atoms with van der Waals surface area (Å²) in [6.45, 7) is 0. The molecule has 1 saturated carbocycles. The molecule has 1 atom stereocenters. The van der Waals surface area contributed by atoms with E-state index >= 15 is 0 Å². The van der Waals surface area contributed by atoms with Crippen LogP contribution in [0.2, 0.25) is 0 Å². The van der Waals surface area contributed by atoms with E-state index in [1.165, 1.54) is 21.3 Å². The Labute approximate surface area is 188 Å². The number of nitrogens with zero attached hydrogens (tertiary/aromatic N) is 1. The van der Waals surface area contributed by atoms with Gasteiger partial charge in [0.05, 0.1) is 21.3 Å². The first-order chi connectivity index (χ1) is 15.6. The lowest BCUT2D eigenvalue weighted by atomic mass is 10.0. The van der Waals surface area contributed by atoms with Gasteiger partial charge in [0, 0.05) is 11.6 Å². The van der Waals surface area contributed by atoms with Crippen LogP contribution in [0.25, 0.3) is 0 Å². The molecule has 2 aliphatic rings. The molecule has 33 heavy (non-hydrogen) atoms. The molecule has 2 fully saturated rings. The number of methoxy groups -OCH3 is 3. The summed E-state index contributed by atoms with van der Waals surface area (Å²) >= 11 is 0. The highest BCUT2D eigenvalue weighted by Crippen LogP contribution is 2.40. The zero-order valence-electron chi connectivity index (χ0n) is 18.5. The molecule has 0 spiro atoms. The Balaban J connectivity index is 1.97. The quantitative estimate of drug-likeness (QED) is 0.486. The molecular weight excluding hydrogens is 447 g/mol. The van der Waals surface area contributed by atoms with Crippen LogP contribution in [-0.4, -0.2) is 62.0 Å². The SMILES string of the molecule is COc1cc(C(=O)N[C@]2(C(F)(F)F)NC(=O)N(C3CCCCCC3)C2=O)cc(OC)c1OC. The number of carbonyl (C=O) groups excluding carboxylic acids is 3. The summed E-state index contributed by atoms with van der Waals surface area (Å²) in [5.41, 5.74) is -3.88. The lowest BCUT2D eigenvalue weighted by Crippen LogP contribution is -2.69. The van der Waals surface area contributed by atoms with Crippen LogP contribution in [0.4, 0.5) is 18.0 Å². The maximum atomic E-state index is 14.2. The molecule has 12 heteroatoms. The number of imide groups is 1. The first-order valence-corrected chi connectivity index (χ1v) is 10.4. The number of carbonyl (C=O) groups is 3. The Morgan fingerprint density at radius 1 is 1.03 bits per heavy atom. The molecular formula is C21H26F3N3O6. The highest BCUT2D eigenvalue weighted by Gasteiger charge is 2.69. The largest absolute Gasteiger partial charge is 0.493 e. The Bertz CT molecular complexity index is 905. The lowest BCUT2D eigenvalue weighted by Gasteiger charge is -2.31. The molecule has 182 valence electrons. The predicted molar refractivity (Wildman–Crippen MR) is 109 cm³/mol. The van der Waals surface area contributed by atoms with Gasteiger partial charge in [-0.3, -0.25) is 19.8 Å². The number of amides is 4. The van der Waals surface area contributed by atoms with Gasteiger partial charge in [-0.1, -0.05) is 25.7 Å². The number of halogens is 3. The molecule has 1 aliphatic heterocycles. The molecule has 0 aromatic heterocycles. The smallest absolute Gasteiger partial charge is 0.440 e. The van der Waals surface area contributed by atoms with Gasteiger partial charge in [-0.25, -0.2) is 4.79 Å². The van der Waals surface area contributed by atoms with Crippen LogP contribution in [-0.2, 0) is 4.79 Å². The second-order valence-electron chi connectivity index (χ2n) is 7.87. The summed E-state index contributed by atoms with van der Waals surface area (Å²) in [6, 6.07) is 0.438. The van der Waals surface area contributed by atoms with Gasteiger partial charge in [-0.2, -0.15) is 13.2 Å². The summed E-state index contributed by atoms with van der Waals surface area (Å²) in [5, 5.41) is 3.41. The number of rotatable bonds is 6. The second-order valence-corrected chi connectivity index (χ2v) is 7.87. The number of hydrogen-bond acceptors (Lipinski definition) is 6. The van der Waals surface area contributed by atoms with Gasteiger partial charge < -0.3 is 19.5 Å². The summed E-state index contributed by atoms with van der Waals surface area (Å²) in [5.74, 6) is -2.61. The van der Waals surface area contributed by atoms with E-state index in [9.17, 15) is 27.6 Å². The number of benzene rings is 1. The summed E-state index contributed by atoms with van der Waals surface area (Å²) in [7, 11) is 3.89. The molecule has 1 aromatic rings. The standard InChI is InChI=1S/C21H26F3N3O6/c1-31-14-10-12(11-15(32-2)16(14)33-3)17(28)25-20(21(22,23)24)18(29)27(19(30)26-20)13-8-6-4-5-7-9-13/h10-11,13H,4-9H2,1-3H3,(H,25,28)(H,26,30)/t20-/m0/s1. The van der Waals surface area contributed by atoms with Crippen LogP contribution in [0, 0.1) is 0 Å². The second kappa shape index (κ2) is 9.36. The molecule has 2 N–H and O–H groups in total. The Hall–Kier alpha value is -3.18. The van der Waals surface area contributed by atoms with Crippen molar-refractivity contribution in [1.82, 2.24) is 15.5 Å². The fourth-order valence-electron chi connectivity index (χ4n) is 4.20. The third-order valence-electron chi connectivity index (χ3n) is 5.90. The maximum Gasteiger partial charge on any atom is 0.440 e. The first kappa shape index (κ1) is 24.5. The molecule has 9 nitrogen and oxygen atoms in total. The van der Waals surface area contributed by atoms with Gasteiger partial charge in [0.25, 0.3) is 17.5 Å². The zero-order valence-corrected chi connectivity index (χ0v) is 18.5. The van der Waals surface area contributed by atoms with Crippen molar-refractivity contribution in [2.24, 2.45) is 0 Å². The normalized spacial score (nSPS) is 21.9. The molecule has 0 bridgehead atoms. The fourth-order valence-corrected chi connectivity index (χ4v) is 4.20. The lowest BCUT2D eigenvalue weighted by molar-refractivity contribution is -0.200. The van der Waals surface area contributed by atoms with Gasteiger partial charge in [-0.15, -0.1) is 0 Å². The number of nitrogens with one attached hydrogen (secondary N) is 2.